The highest BCUT2D eigenvalue weighted by molar-refractivity contribution is 5.64. The normalized spacial score (nSPS) is 10.5. The first-order chi connectivity index (χ1) is 9.83. The maximum Gasteiger partial charge on any atom is 0.142 e. The van der Waals surface area contributed by atoms with Crippen LogP contribution in [0.3, 0.4) is 0 Å². The molecule has 0 saturated heterocycles. The summed E-state index contributed by atoms with van der Waals surface area (Å²) in [6, 6.07) is 0. The minimum Gasteiger partial charge on any atom is -0.299 e. The van der Waals surface area contributed by atoms with Crippen molar-refractivity contribution in [2.75, 3.05) is 0 Å². The van der Waals surface area contributed by atoms with Crippen LogP contribution in [-0.2, 0) is 9.59 Å². The maximum atomic E-state index is 9.93. The summed E-state index contributed by atoms with van der Waals surface area (Å²) in [5, 5.41) is 0. The van der Waals surface area contributed by atoms with Crippen molar-refractivity contribution in [3.05, 3.63) is 24.3 Å². The van der Waals surface area contributed by atoms with Gasteiger partial charge >= 0.3 is 0 Å². The van der Waals surface area contributed by atoms with Crippen LogP contribution >= 0.6 is 0 Å². The Bertz CT molecular complexity index is 242. The Kier molecular flexibility index (Phi) is 24.2. The molecule has 0 atom stereocenters. The summed E-state index contributed by atoms with van der Waals surface area (Å²) in [7, 11) is 0. The zero-order chi connectivity index (χ0) is 15.3. The van der Waals surface area contributed by atoms with E-state index in [0.717, 1.165) is 31.8 Å². The molecule has 0 aromatic heterocycles. The van der Waals surface area contributed by atoms with Gasteiger partial charge in [-0.05, 0) is 31.4 Å². The highest BCUT2D eigenvalue weighted by atomic mass is 16.1. The lowest BCUT2D eigenvalue weighted by Crippen LogP contribution is -1.78. The zero-order valence-electron chi connectivity index (χ0n) is 13.4. The molecule has 0 aliphatic carbocycles. The number of rotatable bonds is 12. The van der Waals surface area contributed by atoms with E-state index in [1.165, 1.54) is 51.0 Å². The summed E-state index contributed by atoms with van der Waals surface area (Å²) in [5.41, 5.74) is 0. The lowest BCUT2D eigenvalue weighted by Gasteiger charge is -1.98. The molecule has 0 bridgehead atoms. The third kappa shape index (κ3) is 25.6. The molecule has 0 aliphatic heterocycles. The predicted molar refractivity (Wildman–Crippen MR) is 87.9 cm³/mol. The van der Waals surface area contributed by atoms with E-state index in [-0.39, 0.29) is 0 Å². The molecule has 0 amide bonds. The van der Waals surface area contributed by atoms with Crippen molar-refractivity contribution >= 4 is 12.6 Å². The van der Waals surface area contributed by atoms with Crippen molar-refractivity contribution in [3.63, 3.8) is 0 Å². The number of hydrogen-bond acceptors (Lipinski definition) is 2. The second kappa shape index (κ2) is 23.0. The number of carbonyl (C=O) groups is 2. The van der Waals surface area contributed by atoms with Crippen LogP contribution in [0, 0.1) is 0 Å². The van der Waals surface area contributed by atoms with Gasteiger partial charge in [0.2, 0.25) is 0 Å². The van der Waals surface area contributed by atoms with Crippen molar-refractivity contribution in [2.24, 2.45) is 0 Å². The zero-order valence-corrected chi connectivity index (χ0v) is 13.4. The Morgan fingerprint density at radius 1 is 0.600 bits per heavy atom. The molecule has 2 heteroatoms. The van der Waals surface area contributed by atoms with E-state index in [0.29, 0.717) is 0 Å². The second-order valence-electron chi connectivity index (χ2n) is 4.83. The van der Waals surface area contributed by atoms with E-state index in [2.05, 4.69) is 13.8 Å². The maximum absolute atomic E-state index is 9.93. The van der Waals surface area contributed by atoms with Gasteiger partial charge in [-0.1, -0.05) is 70.9 Å². The van der Waals surface area contributed by atoms with Crippen LogP contribution in [-0.4, -0.2) is 12.6 Å². The van der Waals surface area contributed by atoms with Crippen molar-refractivity contribution in [2.45, 2.75) is 78.1 Å². The van der Waals surface area contributed by atoms with Crippen molar-refractivity contribution in [1.82, 2.24) is 0 Å². The van der Waals surface area contributed by atoms with Crippen LogP contribution in [0.1, 0.15) is 78.1 Å². The first-order valence-corrected chi connectivity index (χ1v) is 8.04. The first-order valence-electron chi connectivity index (χ1n) is 8.04. The van der Waals surface area contributed by atoms with E-state index in [4.69, 9.17) is 0 Å². The van der Waals surface area contributed by atoms with E-state index >= 15 is 0 Å². The van der Waals surface area contributed by atoms with Gasteiger partial charge in [0.05, 0.1) is 0 Å². The second-order valence-corrected chi connectivity index (χ2v) is 4.83. The molecule has 0 radical (unpaired) electrons. The molecule has 0 aliphatic rings. The Hall–Kier alpha value is -1.18. The molecule has 0 heterocycles. The molecule has 0 spiro atoms. The van der Waals surface area contributed by atoms with Crippen LogP contribution in [0.5, 0.6) is 0 Å². The lowest BCUT2D eigenvalue weighted by atomic mass is 10.1. The molecular formula is C18H32O2. The molecule has 20 heavy (non-hydrogen) atoms. The number of hydrogen-bond donors (Lipinski definition) is 0. The summed E-state index contributed by atoms with van der Waals surface area (Å²) in [5.74, 6) is 0. The number of allylic oxidation sites excluding steroid dienone is 4. The summed E-state index contributed by atoms with van der Waals surface area (Å²) in [6.45, 7) is 4.32. The van der Waals surface area contributed by atoms with Crippen molar-refractivity contribution in [1.29, 1.82) is 0 Å². The van der Waals surface area contributed by atoms with E-state index in [9.17, 15) is 9.59 Å². The lowest BCUT2D eigenvalue weighted by molar-refractivity contribution is -0.104. The topological polar surface area (TPSA) is 34.1 Å². The fraction of sp³-hybridized carbons (Fsp3) is 0.667. The molecule has 0 aromatic rings. The number of aldehydes is 2. The van der Waals surface area contributed by atoms with Gasteiger partial charge in [-0.3, -0.25) is 9.59 Å². The van der Waals surface area contributed by atoms with Crippen LogP contribution in [0.4, 0.5) is 0 Å². The smallest absolute Gasteiger partial charge is 0.142 e. The SMILES string of the molecule is CCC/C=C/C=O.CCCCCCCCCC=CC=O. The van der Waals surface area contributed by atoms with Crippen molar-refractivity contribution < 1.29 is 9.59 Å². The average molecular weight is 280 g/mol. The van der Waals surface area contributed by atoms with Crippen LogP contribution in [0.15, 0.2) is 24.3 Å². The van der Waals surface area contributed by atoms with E-state index < -0.39 is 0 Å². The van der Waals surface area contributed by atoms with Gasteiger partial charge in [0, 0.05) is 0 Å². The Morgan fingerprint density at radius 3 is 1.60 bits per heavy atom. The first kappa shape index (κ1) is 21.1. The van der Waals surface area contributed by atoms with Gasteiger partial charge in [0.15, 0.2) is 0 Å². The van der Waals surface area contributed by atoms with Gasteiger partial charge in [0.25, 0.3) is 0 Å². The molecule has 0 rings (SSSR count). The molecule has 0 N–H and O–H groups in total. The van der Waals surface area contributed by atoms with Gasteiger partial charge < -0.3 is 0 Å². The van der Waals surface area contributed by atoms with E-state index in [1.54, 1.807) is 6.08 Å². The third-order valence-electron chi connectivity index (χ3n) is 2.86. The van der Waals surface area contributed by atoms with Crippen molar-refractivity contribution in [3.8, 4) is 0 Å². The van der Waals surface area contributed by atoms with Crippen LogP contribution in [0.25, 0.3) is 0 Å². The fourth-order valence-corrected chi connectivity index (χ4v) is 1.69. The summed E-state index contributed by atoms with van der Waals surface area (Å²) < 4.78 is 0. The highest BCUT2D eigenvalue weighted by Crippen LogP contribution is 2.08. The molecule has 0 unspecified atom stereocenters. The molecule has 0 fully saturated rings. The molecule has 2 nitrogen and oxygen atoms in total. The molecule has 0 aromatic carbocycles. The van der Waals surface area contributed by atoms with E-state index in [1.807, 2.05) is 12.2 Å². The van der Waals surface area contributed by atoms with Gasteiger partial charge in [-0.2, -0.15) is 0 Å². The highest BCUT2D eigenvalue weighted by Gasteiger charge is 1.88. The quantitative estimate of drug-likeness (QED) is 0.271. The molecule has 0 saturated carbocycles. The predicted octanol–water partition coefficient (Wildman–Crippen LogP) is 5.42. The standard InChI is InChI=1S/C12H22O.C6H10O/c1-2-3-4-5-6-7-8-9-10-11-12-13;1-2-3-4-5-6-7/h10-12H,2-9H2,1H3;4-6H,2-3H2,1H3/b;5-4+. The third-order valence-corrected chi connectivity index (χ3v) is 2.86. The van der Waals surface area contributed by atoms with Gasteiger partial charge in [0.1, 0.15) is 12.6 Å². The fourth-order valence-electron chi connectivity index (χ4n) is 1.69. The number of unbranched alkanes of at least 4 members (excludes halogenated alkanes) is 8. The van der Waals surface area contributed by atoms with Crippen LogP contribution in [0.2, 0.25) is 0 Å². The average Bonchev–Trinajstić information content (AvgIpc) is 2.47. The monoisotopic (exact) mass is 280 g/mol. The minimum atomic E-state index is 0.801. The van der Waals surface area contributed by atoms with Gasteiger partial charge in [-0.25, -0.2) is 0 Å². The molecular weight excluding hydrogens is 248 g/mol. The number of carbonyl (C=O) groups excluding carboxylic acids is 2. The summed E-state index contributed by atoms with van der Waals surface area (Å²) in [6.07, 6.45) is 21.2. The summed E-state index contributed by atoms with van der Waals surface area (Å²) >= 11 is 0. The molecule has 116 valence electrons. The Labute approximate surface area is 125 Å². The minimum absolute atomic E-state index is 0.801. The summed E-state index contributed by atoms with van der Waals surface area (Å²) in [4.78, 5) is 19.5. The van der Waals surface area contributed by atoms with Crippen LogP contribution < -0.4 is 0 Å². The van der Waals surface area contributed by atoms with Gasteiger partial charge in [-0.15, -0.1) is 0 Å². The Balaban J connectivity index is 0. The largest absolute Gasteiger partial charge is 0.299 e. The Morgan fingerprint density at radius 2 is 1.10 bits per heavy atom.